The minimum absolute atomic E-state index is 0.0187. The third-order valence-electron chi connectivity index (χ3n) is 5.04. The van der Waals surface area contributed by atoms with E-state index in [9.17, 15) is 18.3 Å². The Morgan fingerprint density at radius 3 is 2.48 bits per heavy atom. The summed E-state index contributed by atoms with van der Waals surface area (Å²) in [5.74, 6) is 3.46. The van der Waals surface area contributed by atoms with Gasteiger partial charge < -0.3 is 5.11 Å². The number of hydrogen-bond donors (Lipinski definition) is 2. The highest BCUT2D eigenvalue weighted by Crippen LogP contribution is 2.36. The molecule has 0 spiro atoms. The van der Waals surface area contributed by atoms with Crippen LogP contribution in [0, 0.1) is 24.7 Å². The van der Waals surface area contributed by atoms with Crippen LogP contribution in [-0.4, -0.2) is 56.9 Å². The van der Waals surface area contributed by atoms with Crippen LogP contribution in [-0.2, 0) is 22.9 Å². The Kier molecular flexibility index (Phi) is 5.11. The highest BCUT2D eigenvalue weighted by molar-refractivity contribution is 7.89. The number of aryl methyl sites for hydroxylation is 1. The molecule has 3 aromatic rings. The molecule has 10 heteroatoms. The predicted octanol–water partition coefficient (Wildman–Crippen LogP) is 1.32. The molecule has 0 fully saturated rings. The Bertz CT molecular complexity index is 1340. The maximum Gasteiger partial charge on any atom is 0.356 e. The molecule has 31 heavy (non-hydrogen) atoms. The number of carboxylic acids is 1. The second-order valence-corrected chi connectivity index (χ2v) is 8.77. The number of terminal acetylenes is 2. The molecular formula is C21H17N5O4S. The molecule has 4 rings (SSSR count). The van der Waals surface area contributed by atoms with Crippen molar-refractivity contribution in [1.29, 1.82) is 0 Å². The molecular weight excluding hydrogens is 418 g/mol. The average Bonchev–Trinajstić information content (AvgIpc) is 3.38. The number of aromatic nitrogens is 4. The Balaban J connectivity index is 1.79. The summed E-state index contributed by atoms with van der Waals surface area (Å²) in [5.41, 5.74) is 3.39. The SMILES string of the molecule is C#CCN(CC#C)S(=O)(=O)c1ccc(-n2nc(C(=O)O)c3c2-c2cn[nH]c2CC3)cc1. The Morgan fingerprint density at radius 2 is 1.87 bits per heavy atom. The standard InChI is InChI=1S/C21H17N5O4S/c1-3-11-25(12-4-2)31(29,30)15-7-5-14(6-8-15)26-20-16(19(24-26)21(27)28)9-10-18-17(20)13-22-23-18/h1-2,5-8,13H,9-12H2,(H,22,23)(H,27,28). The van der Waals surface area contributed by atoms with Crippen LogP contribution in [0.4, 0.5) is 0 Å². The Morgan fingerprint density at radius 1 is 1.19 bits per heavy atom. The molecule has 1 aromatic carbocycles. The summed E-state index contributed by atoms with van der Waals surface area (Å²) in [6.07, 6.45) is 13.3. The molecule has 0 bridgehead atoms. The number of aromatic amines is 1. The number of nitrogens with zero attached hydrogens (tertiary/aromatic N) is 4. The molecule has 0 unspecified atom stereocenters. The minimum Gasteiger partial charge on any atom is -0.476 e. The van der Waals surface area contributed by atoms with Gasteiger partial charge in [-0.1, -0.05) is 11.8 Å². The van der Waals surface area contributed by atoms with E-state index in [1.807, 2.05) is 0 Å². The van der Waals surface area contributed by atoms with Crippen molar-refractivity contribution in [3.8, 4) is 41.6 Å². The number of carboxylic acid groups (broad SMARTS) is 1. The van der Waals surface area contributed by atoms with E-state index < -0.39 is 16.0 Å². The molecule has 0 saturated heterocycles. The quantitative estimate of drug-likeness (QED) is 0.563. The lowest BCUT2D eigenvalue weighted by atomic mass is 9.94. The van der Waals surface area contributed by atoms with E-state index >= 15 is 0 Å². The Hall–Kier alpha value is -3.86. The minimum atomic E-state index is -3.88. The molecule has 0 atom stereocenters. The fourth-order valence-electron chi connectivity index (χ4n) is 3.62. The number of carbonyl (C=O) groups is 1. The molecule has 2 aromatic heterocycles. The van der Waals surface area contributed by atoms with E-state index in [0.717, 1.165) is 15.6 Å². The molecule has 1 aliphatic carbocycles. The van der Waals surface area contributed by atoms with Gasteiger partial charge in [-0.05, 0) is 37.1 Å². The van der Waals surface area contributed by atoms with Crippen LogP contribution in [0.2, 0.25) is 0 Å². The van der Waals surface area contributed by atoms with E-state index in [0.29, 0.717) is 29.8 Å². The van der Waals surface area contributed by atoms with Gasteiger partial charge in [-0.25, -0.2) is 17.9 Å². The van der Waals surface area contributed by atoms with Gasteiger partial charge in [0.1, 0.15) is 0 Å². The number of hydrogen-bond acceptors (Lipinski definition) is 5. The van der Waals surface area contributed by atoms with Gasteiger partial charge in [0.2, 0.25) is 10.0 Å². The van der Waals surface area contributed by atoms with Crippen molar-refractivity contribution in [1.82, 2.24) is 24.3 Å². The van der Waals surface area contributed by atoms with Crippen LogP contribution in [0.5, 0.6) is 0 Å². The first-order valence-electron chi connectivity index (χ1n) is 9.23. The predicted molar refractivity (Wildman–Crippen MR) is 112 cm³/mol. The van der Waals surface area contributed by atoms with Gasteiger partial charge in [0.15, 0.2) is 5.69 Å². The van der Waals surface area contributed by atoms with Gasteiger partial charge in [0.05, 0.1) is 35.6 Å². The van der Waals surface area contributed by atoms with Gasteiger partial charge >= 0.3 is 5.97 Å². The number of sulfonamides is 1. The third kappa shape index (κ3) is 3.38. The fraction of sp³-hybridized carbons (Fsp3) is 0.190. The second kappa shape index (κ2) is 7.76. The van der Waals surface area contributed by atoms with Crippen molar-refractivity contribution < 1.29 is 18.3 Å². The molecule has 1 aliphatic rings. The first kappa shape index (κ1) is 20.4. The number of H-pyrrole nitrogens is 1. The molecule has 0 amide bonds. The molecule has 0 aliphatic heterocycles. The van der Waals surface area contributed by atoms with Crippen molar-refractivity contribution in [2.45, 2.75) is 17.7 Å². The molecule has 2 N–H and O–H groups in total. The monoisotopic (exact) mass is 435 g/mol. The average molecular weight is 435 g/mol. The number of nitrogens with one attached hydrogen (secondary N) is 1. The first-order valence-corrected chi connectivity index (χ1v) is 10.7. The zero-order valence-corrected chi connectivity index (χ0v) is 17.1. The van der Waals surface area contributed by atoms with Crippen LogP contribution in [0.1, 0.15) is 21.7 Å². The molecule has 156 valence electrons. The van der Waals surface area contributed by atoms with Gasteiger partial charge in [0, 0.05) is 16.8 Å². The van der Waals surface area contributed by atoms with E-state index in [4.69, 9.17) is 12.8 Å². The van der Waals surface area contributed by atoms with Gasteiger partial charge in [-0.2, -0.15) is 14.5 Å². The van der Waals surface area contributed by atoms with E-state index in [1.165, 1.54) is 16.8 Å². The fourth-order valence-corrected chi connectivity index (χ4v) is 4.89. The van der Waals surface area contributed by atoms with Crippen molar-refractivity contribution in [3.05, 3.63) is 47.4 Å². The van der Waals surface area contributed by atoms with Crippen molar-refractivity contribution in [3.63, 3.8) is 0 Å². The van der Waals surface area contributed by atoms with Crippen molar-refractivity contribution in [2.24, 2.45) is 0 Å². The normalized spacial score (nSPS) is 12.6. The zero-order chi connectivity index (χ0) is 22.2. The van der Waals surface area contributed by atoms with E-state index in [2.05, 4.69) is 27.1 Å². The summed E-state index contributed by atoms with van der Waals surface area (Å²) in [7, 11) is -3.88. The van der Waals surface area contributed by atoms with Crippen LogP contribution in [0.3, 0.4) is 0 Å². The number of aromatic carboxylic acids is 1. The smallest absolute Gasteiger partial charge is 0.356 e. The summed E-state index contributed by atoms with van der Waals surface area (Å²) >= 11 is 0. The molecule has 0 saturated carbocycles. The van der Waals surface area contributed by atoms with Gasteiger partial charge in [-0.3, -0.25) is 5.10 Å². The number of fused-ring (bicyclic) bond motifs is 3. The third-order valence-corrected chi connectivity index (χ3v) is 6.84. The van der Waals surface area contributed by atoms with Crippen LogP contribution < -0.4 is 0 Å². The van der Waals surface area contributed by atoms with Crippen molar-refractivity contribution >= 4 is 16.0 Å². The maximum absolute atomic E-state index is 12.8. The lowest BCUT2D eigenvalue weighted by Gasteiger charge is -2.18. The van der Waals surface area contributed by atoms with Gasteiger partial charge in [0.25, 0.3) is 0 Å². The number of rotatable bonds is 6. The summed E-state index contributed by atoms with van der Waals surface area (Å²) in [4.78, 5) is 11.8. The summed E-state index contributed by atoms with van der Waals surface area (Å²) < 4.78 is 28.2. The highest BCUT2D eigenvalue weighted by atomic mass is 32.2. The lowest BCUT2D eigenvalue weighted by molar-refractivity contribution is 0.0688. The highest BCUT2D eigenvalue weighted by Gasteiger charge is 2.30. The second-order valence-electron chi connectivity index (χ2n) is 6.83. The van der Waals surface area contributed by atoms with Crippen LogP contribution >= 0.6 is 0 Å². The summed E-state index contributed by atoms with van der Waals surface area (Å²) in [5, 5.41) is 20.9. The number of benzene rings is 1. The van der Waals surface area contributed by atoms with Crippen LogP contribution in [0.25, 0.3) is 16.9 Å². The van der Waals surface area contributed by atoms with Crippen molar-refractivity contribution in [2.75, 3.05) is 13.1 Å². The van der Waals surface area contributed by atoms with Crippen LogP contribution in [0.15, 0.2) is 35.4 Å². The lowest BCUT2D eigenvalue weighted by Crippen LogP contribution is -2.31. The Labute approximate surface area is 178 Å². The van der Waals surface area contributed by atoms with Gasteiger partial charge in [-0.15, -0.1) is 12.8 Å². The van der Waals surface area contributed by atoms with E-state index in [1.54, 1.807) is 18.3 Å². The maximum atomic E-state index is 12.8. The van der Waals surface area contributed by atoms with E-state index in [-0.39, 0.29) is 23.7 Å². The topological polar surface area (TPSA) is 121 Å². The molecule has 0 radical (unpaired) electrons. The largest absolute Gasteiger partial charge is 0.476 e. The molecule has 2 heterocycles. The summed E-state index contributed by atoms with van der Waals surface area (Å²) in [6, 6.07) is 5.95. The zero-order valence-electron chi connectivity index (χ0n) is 16.2. The summed E-state index contributed by atoms with van der Waals surface area (Å²) in [6.45, 7) is -0.293. The molecule has 9 nitrogen and oxygen atoms in total. The first-order chi connectivity index (χ1) is 14.9.